The first kappa shape index (κ1) is 24.7. The summed E-state index contributed by atoms with van der Waals surface area (Å²) < 4.78 is 0. The number of nitrogens with zero attached hydrogens (tertiary/aromatic N) is 2. The largest absolute Gasteiger partial charge is 0.392 e. The lowest BCUT2D eigenvalue weighted by Gasteiger charge is -2.53. The van der Waals surface area contributed by atoms with Crippen molar-refractivity contribution in [2.75, 3.05) is 38.5 Å². The third-order valence-corrected chi connectivity index (χ3v) is 10.2. The highest BCUT2D eigenvalue weighted by Gasteiger charge is 2.54. The van der Waals surface area contributed by atoms with Crippen molar-refractivity contribution in [1.82, 2.24) is 9.88 Å². The maximum absolute atomic E-state index is 13.3. The van der Waals surface area contributed by atoms with Crippen molar-refractivity contribution >= 4 is 22.4 Å². The van der Waals surface area contributed by atoms with Crippen LogP contribution in [0.15, 0.2) is 30.3 Å². The molecule has 1 saturated heterocycles. The zero-order chi connectivity index (χ0) is 24.7. The second-order valence-electron chi connectivity index (χ2n) is 11.6. The van der Waals surface area contributed by atoms with Gasteiger partial charge in [-0.2, -0.15) is 0 Å². The van der Waals surface area contributed by atoms with Crippen molar-refractivity contribution in [3.05, 3.63) is 46.5 Å². The number of aromatic nitrogens is 1. The van der Waals surface area contributed by atoms with Crippen molar-refractivity contribution in [1.29, 1.82) is 0 Å². The van der Waals surface area contributed by atoms with Crippen LogP contribution in [0, 0.1) is 23.2 Å². The van der Waals surface area contributed by atoms with E-state index in [2.05, 4.69) is 57.4 Å². The van der Waals surface area contributed by atoms with Crippen LogP contribution in [0.4, 0.5) is 5.13 Å². The lowest BCUT2D eigenvalue weighted by Crippen LogP contribution is -3.12. The molecule has 2 fully saturated rings. The Labute approximate surface area is 213 Å². The second-order valence-corrected chi connectivity index (χ2v) is 12.7. The van der Waals surface area contributed by atoms with Crippen molar-refractivity contribution in [3.63, 3.8) is 0 Å². The highest BCUT2D eigenvalue weighted by atomic mass is 32.1. The quantitative estimate of drug-likeness (QED) is 0.594. The first-order valence-corrected chi connectivity index (χ1v) is 14.1. The number of benzene rings is 1. The van der Waals surface area contributed by atoms with E-state index in [0.29, 0.717) is 0 Å². The molecular formula is C28H41N4O2S+. The number of thiazole rings is 1. The summed E-state index contributed by atoms with van der Waals surface area (Å²) in [6.45, 7) is 11.1. The average Bonchev–Trinajstić information content (AvgIpc) is 3.25. The van der Waals surface area contributed by atoms with Gasteiger partial charge in [0.15, 0.2) is 5.13 Å². The van der Waals surface area contributed by atoms with E-state index in [9.17, 15) is 9.90 Å². The summed E-state index contributed by atoms with van der Waals surface area (Å²) in [7, 11) is 2.19. The predicted molar refractivity (Wildman–Crippen MR) is 141 cm³/mol. The lowest BCUT2D eigenvalue weighted by atomic mass is 9.53. The Bertz CT molecular complexity index is 1030. The molecule has 1 aromatic heterocycles. The molecule has 0 spiro atoms. The molecule has 5 rings (SSSR count). The van der Waals surface area contributed by atoms with Crippen molar-refractivity contribution in [2.45, 2.75) is 58.6 Å². The number of nitrogens with one attached hydrogen (secondary N) is 2. The van der Waals surface area contributed by atoms with E-state index in [1.807, 2.05) is 11.0 Å². The van der Waals surface area contributed by atoms with Gasteiger partial charge in [0.2, 0.25) is 5.91 Å². The molecular weight excluding hydrogens is 456 g/mol. The molecule has 2 heterocycles. The van der Waals surface area contributed by atoms with Crippen molar-refractivity contribution in [2.24, 2.45) is 23.2 Å². The summed E-state index contributed by atoms with van der Waals surface area (Å²) >= 11 is 1.78. The Hall–Kier alpha value is -1.96. The minimum absolute atomic E-state index is 0.0193. The Kier molecular flexibility index (Phi) is 6.94. The molecule has 6 atom stereocenters. The molecule has 1 aromatic carbocycles. The van der Waals surface area contributed by atoms with Gasteiger partial charge in [-0.15, -0.1) is 11.3 Å². The minimum atomic E-state index is -0.476. The van der Waals surface area contributed by atoms with Gasteiger partial charge in [-0.25, -0.2) is 4.98 Å². The number of amides is 1. The number of carbonyl (C=O) groups is 1. The number of fused-ring (bicyclic) bond motifs is 2. The number of quaternary nitrogens is 1. The lowest BCUT2D eigenvalue weighted by molar-refractivity contribution is -0.883. The molecule has 0 unspecified atom stereocenters. The summed E-state index contributed by atoms with van der Waals surface area (Å²) in [5, 5.41) is 16.2. The van der Waals surface area contributed by atoms with Gasteiger partial charge in [-0.3, -0.25) is 4.79 Å². The van der Waals surface area contributed by atoms with Crippen LogP contribution >= 0.6 is 11.3 Å². The van der Waals surface area contributed by atoms with E-state index >= 15 is 0 Å². The van der Waals surface area contributed by atoms with Crippen LogP contribution < -0.4 is 10.2 Å². The van der Waals surface area contributed by atoms with E-state index in [4.69, 9.17) is 4.98 Å². The fraction of sp³-hybridized carbons (Fsp3) is 0.643. The van der Waals surface area contributed by atoms with Gasteiger partial charge in [0.1, 0.15) is 0 Å². The van der Waals surface area contributed by atoms with Crippen LogP contribution in [0.1, 0.15) is 55.7 Å². The number of aliphatic hydroxyl groups excluding tert-OH is 1. The standard InChI is InChI=1S/C28H40N4O2S/c1-18(26(34)32-14-12-31(4)13-15-32)21-10-11-28(3)16-22-24(19(2)23(28)25(21)33)30-27(35-22)29-17-20-8-6-5-7-9-20/h5-9,18-19,21,23,25,33H,10-17H2,1-4H3,(H,29,30)/p+1/t18-,19-,21-,23+,25-,28-/m0/s1. The highest BCUT2D eigenvalue weighted by molar-refractivity contribution is 7.15. The second kappa shape index (κ2) is 9.83. The van der Waals surface area contributed by atoms with Gasteiger partial charge in [-0.1, -0.05) is 51.1 Å². The summed E-state index contributed by atoms with van der Waals surface area (Å²) in [6, 6.07) is 10.4. The maximum Gasteiger partial charge on any atom is 0.226 e. The van der Waals surface area contributed by atoms with Crippen LogP contribution in [-0.2, 0) is 17.8 Å². The molecule has 35 heavy (non-hydrogen) atoms. The number of hydrogen-bond donors (Lipinski definition) is 3. The van der Waals surface area contributed by atoms with Gasteiger partial charge in [-0.05, 0) is 42.1 Å². The van der Waals surface area contributed by atoms with Crippen LogP contribution in [0.2, 0.25) is 0 Å². The van der Waals surface area contributed by atoms with Crippen LogP contribution in [-0.4, -0.2) is 60.2 Å². The van der Waals surface area contributed by atoms with E-state index in [-0.39, 0.29) is 35.0 Å². The van der Waals surface area contributed by atoms with Gasteiger partial charge < -0.3 is 20.2 Å². The zero-order valence-electron chi connectivity index (χ0n) is 21.6. The van der Waals surface area contributed by atoms with Crippen molar-refractivity contribution in [3.8, 4) is 0 Å². The predicted octanol–water partition coefficient (Wildman–Crippen LogP) is 2.80. The molecule has 2 aromatic rings. The summed E-state index contributed by atoms with van der Waals surface area (Å²) in [5.74, 6) is 0.422. The van der Waals surface area contributed by atoms with Crippen molar-refractivity contribution < 1.29 is 14.8 Å². The van der Waals surface area contributed by atoms with E-state index in [1.54, 1.807) is 11.3 Å². The van der Waals surface area contributed by atoms with E-state index in [1.165, 1.54) is 15.3 Å². The molecule has 3 aliphatic rings. The fourth-order valence-corrected chi connectivity index (χ4v) is 8.24. The fourth-order valence-electron chi connectivity index (χ4n) is 6.98. The molecule has 190 valence electrons. The number of aliphatic hydroxyl groups is 1. The topological polar surface area (TPSA) is 69.9 Å². The van der Waals surface area contributed by atoms with Crippen LogP contribution in [0.3, 0.4) is 0 Å². The number of carbonyl (C=O) groups excluding carboxylic acids is 1. The maximum atomic E-state index is 13.3. The van der Waals surface area contributed by atoms with Gasteiger partial charge >= 0.3 is 0 Å². The molecule has 2 aliphatic carbocycles. The number of hydrogen-bond acceptors (Lipinski definition) is 5. The Morgan fingerprint density at radius 2 is 2.03 bits per heavy atom. The zero-order valence-corrected chi connectivity index (χ0v) is 22.4. The van der Waals surface area contributed by atoms with Gasteiger partial charge in [0, 0.05) is 23.3 Å². The number of anilines is 1. The number of piperazine rings is 1. The number of likely N-dealkylation sites (N-methyl/N-ethyl adjacent to an activating group) is 1. The third-order valence-electron chi connectivity index (χ3n) is 9.17. The molecule has 0 radical (unpaired) electrons. The van der Waals surface area contributed by atoms with E-state index in [0.717, 1.165) is 62.8 Å². The van der Waals surface area contributed by atoms with Crippen LogP contribution in [0.5, 0.6) is 0 Å². The van der Waals surface area contributed by atoms with Crippen LogP contribution in [0.25, 0.3) is 0 Å². The SMILES string of the molecule is C[C@H](C(=O)N1CC[NH+](C)CC1)[C@@H]1CC[C@@]2(C)Cc3sc(NCc4ccccc4)nc3[C@@H](C)[C@@H]2[C@H]1O. The molecule has 0 bridgehead atoms. The molecule has 7 heteroatoms. The first-order chi connectivity index (χ1) is 16.8. The van der Waals surface area contributed by atoms with Gasteiger partial charge in [0.05, 0.1) is 45.0 Å². The van der Waals surface area contributed by atoms with E-state index < -0.39 is 6.10 Å². The minimum Gasteiger partial charge on any atom is -0.392 e. The summed E-state index contributed by atoms with van der Waals surface area (Å²) in [6.07, 6.45) is 2.46. The Morgan fingerprint density at radius 3 is 2.74 bits per heavy atom. The first-order valence-electron chi connectivity index (χ1n) is 13.3. The summed E-state index contributed by atoms with van der Waals surface area (Å²) in [5.41, 5.74) is 2.44. The molecule has 1 aliphatic heterocycles. The molecule has 6 nitrogen and oxygen atoms in total. The normalized spacial score (nSPS) is 32.0. The molecule has 3 N–H and O–H groups in total. The number of rotatable bonds is 5. The third kappa shape index (κ3) is 4.75. The Balaban J connectivity index is 1.30. The highest BCUT2D eigenvalue weighted by Crippen LogP contribution is 2.57. The van der Waals surface area contributed by atoms with Gasteiger partial charge in [0.25, 0.3) is 0 Å². The smallest absolute Gasteiger partial charge is 0.226 e. The molecule has 1 amide bonds. The molecule has 1 saturated carbocycles. The average molecular weight is 498 g/mol. The summed E-state index contributed by atoms with van der Waals surface area (Å²) in [4.78, 5) is 23.2. The monoisotopic (exact) mass is 497 g/mol. The Morgan fingerprint density at radius 1 is 1.31 bits per heavy atom.